The molecule has 4 heteroatoms. The van der Waals surface area contributed by atoms with E-state index in [9.17, 15) is 4.79 Å². The molecule has 0 atom stereocenters. The normalized spacial score (nSPS) is 15.8. The van der Waals surface area contributed by atoms with Crippen LogP contribution in [0.25, 0.3) is 0 Å². The van der Waals surface area contributed by atoms with Crippen LogP contribution in [0.4, 0.5) is 0 Å². The molecule has 0 bridgehead atoms. The molecule has 0 aromatic heterocycles. The van der Waals surface area contributed by atoms with Crippen LogP contribution in [0.15, 0.2) is 53.4 Å². The van der Waals surface area contributed by atoms with Crippen molar-refractivity contribution in [1.82, 2.24) is 10.2 Å². The molecule has 0 radical (unpaired) electrons. The largest absolute Gasteiger partial charge is 0.352 e. The minimum Gasteiger partial charge on any atom is -0.352 e. The van der Waals surface area contributed by atoms with E-state index in [-0.39, 0.29) is 5.91 Å². The van der Waals surface area contributed by atoms with Crippen molar-refractivity contribution >= 4 is 17.7 Å². The molecule has 3 rings (SSSR count). The maximum absolute atomic E-state index is 12.3. The molecule has 138 valence electrons. The predicted molar refractivity (Wildman–Crippen MR) is 110 cm³/mol. The zero-order valence-corrected chi connectivity index (χ0v) is 16.5. The number of likely N-dealkylation sites (tertiary alicyclic amines) is 1. The Morgan fingerprint density at radius 2 is 1.92 bits per heavy atom. The van der Waals surface area contributed by atoms with Gasteiger partial charge >= 0.3 is 0 Å². The molecule has 0 unspecified atom stereocenters. The minimum absolute atomic E-state index is 0.0463. The fraction of sp³-hybridized carbons (Fsp3) is 0.409. The summed E-state index contributed by atoms with van der Waals surface area (Å²) in [6.07, 6.45) is 4.44. The van der Waals surface area contributed by atoms with Crippen molar-refractivity contribution in [2.75, 3.05) is 25.9 Å². The van der Waals surface area contributed by atoms with Crippen molar-refractivity contribution in [2.24, 2.45) is 5.92 Å². The molecular weight excluding hydrogens is 340 g/mol. The number of carbonyl (C=O) groups excluding carboxylic acids is 1. The Bertz CT molecular complexity index is 738. The van der Waals surface area contributed by atoms with Gasteiger partial charge in [-0.05, 0) is 68.8 Å². The van der Waals surface area contributed by atoms with Crippen LogP contribution in [0.3, 0.4) is 0 Å². The van der Waals surface area contributed by atoms with Gasteiger partial charge in [-0.2, -0.15) is 0 Å². The van der Waals surface area contributed by atoms with E-state index in [1.165, 1.54) is 10.5 Å². The number of benzene rings is 2. The number of nitrogens with one attached hydrogen (secondary N) is 1. The lowest BCUT2D eigenvalue weighted by molar-refractivity contribution is 0.0935. The summed E-state index contributed by atoms with van der Waals surface area (Å²) in [7, 11) is 0. The number of piperidine rings is 1. The molecule has 3 nitrogen and oxygen atoms in total. The van der Waals surface area contributed by atoms with Crippen LogP contribution < -0.4 is 5.32 Å². The lowest BCUT2D eigenvalue weighted by Gasteiger charge is -2.32. The van der Waals surface area contributed by atoms with Gasteiger partial charge in [0, 0.05) is 23.5 Å². The smallest absolute Gasteiger partial charge is 0.251 e. The molecule has 0 saturated carbocycles. The summed E-state index contributed by atoms with van der Waals surface area (Å²) in [4.78, 5) is 16.2. The van der Waals surface area contributed by atoms with Gasteiger partial charge in [-0.3, -0.25) is 9.69 Å². The third-order valence-electron chi connectivity index (χ3n) is 5.13. The first-order chi connectivity index (χ1) is 12.7. The summed E-state index contributed by atoms with van der Waals surface area (Å²) in [5.74, 6) is 0.626. The summed E-state index contributed by atoms with van der Waals surface area (Å²) in [5, 5.41) is 3.12. The third-order valence-corrected chi connectivity index (χ3v) is 5.96. The van der Waals surface area contributed by atoms with Crippen molar-refractivity contribution in [1.29, 1.82) is 0 Å². The number of nitrogens with zero attached hydrogens (tertiary/aromatic N) is 1. The van der Waals surface area contributed by atoms with Gasteiger partial charge in [0.15, 0.2) is 0 Å². The second kappa shape index (κ2) is 9.24. The second-order valence-electron chi connectivity index (χ2n) is 7.11. The molecule has 0 spiro atoms. The molecular formula is C22H28N2OS. The van der Waals surface area contributed by atoms with Gasteiger partial charge in [-0.25, -0.2) is 0 Å². The highest BCUT2D eigenvalue weighted by molar-refractivity contribution is 7.98. The van der Waals surface area contributed by atoms with E-state index in [1.54, 1.807) is 0 Å². The van der Waals surface area contributed by atoms with Gasteiger partial charge in [0.05, 0.1) is 0 Å². The van der Waals surface area contributed by atoms with E-state index in [4.69, 9.17) is 0 Å². The highest BCUT2D eigenvalue weighted by Crippen LogP contribution is 2.24. The Morgan fingerprint density at radius 3 is 2.65 bits per heavy atom. The first-order valence-electron chi connectivity index (χ1n) is 9.35. The Kier molecular flexibility index (Phi) is 6.75. The lowest BCUT2D eigenvalue weighted by atomic mass is 9.96. The highest BCUT2D eigenvalue weighted by Gasteiger charge is 2.20. The topological polar surface area (TPSA) is 32.3 Å². The molecule has 26 heavy (non-hydrogen) atoms. The van der Waals surface area contributed by atoms with Crippen LogP contribution in [-0.2, 0) is 6.54 Å². The molecule has 2 aromatic carbocycles. The monoisotopic (exact) mass is 368 g/mol. The molecule has 1 heterocycles. The SMILES string of the molecule is CSc1ccccc1CN1CCC(CNC(=O)c2cccc(C)c2)CC1. The van der Waals surface area contributed by atoms with Gasteiger partial charge in [0.2, 0.25) is 0 Å². The van der Waals surface area contributed by atoms with E-state index in [0.29, 0.717) is 5.92 Å². The first kappa shape index (κ1) is 19.0. The number of hydrogen-bond donors (Lipinski definition) is 1. The minimum atomic E-state index is 0.0463. The lowest BCUT2D eigenvalue weighted by Crippen LogP contribution is -2.38. The Morgan fingerprint density at radius 1 is 1.15 bits per heavy atom. The molecule has 1 aliphatic rings. The van der Waals surface area contributed by atoms with Gasteiger partial charge < -0.3 is 5.32 Å². The summed E-state index contributed by atoms with van der Waals surface area (Å²) in [6.45, 7) is 6.03. The summed E-state index contributed by atoms with van der Waals surface area (Å²) >= 11 is 1.82. The van der Waals surface area contributed by atoms with E-state index in [2.05, 4.69) is 40.7 Å². The third kappa shape index (κ3) is 5.12. The zero-order valence-electron chi connectivity index (χ0n) is 15.7. The van der Waals surface area contributed by atoms with Crippen LogP contribution in [0, 0.1) is 12.8 Å². The summed E-state index contributed by atoms with van der Waals surface area (Å²) in [5.41, 5.74) is 3.30. The predicted octanol–water partition coefficient (Wildman–Crippen LogP) is 4.36. The van der Waals surface area contributed by atoms with Crippen LogP contribution in [0.1, 0.15) is 34.3 Å². The quantitative estimate of drug-likeness (QED) is 0.769. The molecule has 1 N–H and O–H groups in total. The van der Waals surface area contributed by atoms with Gasteiger partial charge in [0.1, 0.15) is 0 Å². The van der Waals surface area contributed by atoms with Crippen molar-refractivity contribution in [2.45, 2.75) is 31.2 Å². The molecule has 1 saturated heterocycles. The van der Waals surface area contributed by atoms with Gasteiger partial charge in [0.25, 0.3) is 5.91 Å². The molecule has 0 aliphatic carbocycles. The fourth-order valence-electron chi connectivity index (χ4n) is 3.55. The van der Waals surface area contributed by atoms with E-state index < -0.39 is 0 Å². The zero-order chi connectivity index (χ0) is 18.4. The number of hydrogen-bond acceptors (Lipinski definition) is 3. The van der Waals surface area contributed by atoms with Crippen LogP contribution >= 0.6 is 11.8 Å². The van der Waals surface area contributed by atoms with Crippen LogP contribution in [0.5, 0.6) is 0 Å². The fourth-order valence-corrected chi connectivity index (χ4v) is 4.16. The van der Waals surface area contributed by atoms with E-state index in [1.807, 2.05) is 43.0 Å². The first-order valence-corrected chi connectivity index (χ1v) is 10.6. The highest BCUT2D eigenvalue weighted by atomic mass is 32.2. The number of aryl methyl sites for hydroxylation is 1. The number of rotatable bonds is 6. The van der Waals surface area contributed by atoms with E-state index in [0.717, 1.165) is 50.1 Å². The Labute approximate surface area is 161 Å². The maximum atomic E-state index is 12.3. The van der Waals surface area contributed by atoms with E-state index >= 15 is 0 Å². The Hall–Kier alpha value is -1.78. The molecule has 1 fully saturated rings. The van der Waals surface area contributed by atoms with Gasteiger partial charge in [-0.1, -0.05) is 35.9 Å². The van der Waals surface area contributed by atoms with Crippen molar-refractivity contribution in [3.63, 3.8) is 0 Å². The maximum Gasteiger partial charge on any atom is 0.251 e. The van der Waals surface area contributed by atoms with Crippen molar-refractivity contribution < 1.29 is 4.79 Å². The average molecular weight is 369 g/mol. The van der Waals surface area contributed by atoms with Crippen molar-refractivity contribution in [3.8, 4) is 0 Å². The summed E-state index contributed by atoms with van der Waals surface area (Å²) < 4.78 is 0. The number of amides is 1. The molecule has 1 amide bonds. The summed E-state index contributed by atoms with van der Waals surface area (Å²) in [6, 6.07) is 16.5. The number of carbonyl (C=O) groups is 1. The number of thioether (sulfide) groups is 1. The molecule has 2 aromatic rings. The van der Waals surface area contributed by atoms with Crippen molar-refractivity contribution in [3.05, 3.63) is 65.2 Å². The van der Waals surface area contributed by atoms with Crippen LogP contribution in [0.2, 0.25) is 0 Å². The van der Waals surface area contributed by atoms with Crippen LogP contribution in [-0.4, -0.2) is 36.7 Å². The average Bonchev–Trinajstić information content (AvgIpc) is 2.67. The standard InChI is InChI=1S/C22H28N2OS/c1-17-6-5-8-19(14-17)22(25)23-15-18-10-12-24(13-11-18)16-20-7-3-4-9-21(20)26-2/h3-9,14,18H,10-13,15-16H2,1-2H3,(H,23,25). The second-order valence-corrected chi connectivity index (χ2v) is 7.96. The van der Waals surface area contributed by atoms with Gasteiger partial charge in [-0.15, -0.1) is 11.8 Å². The molecule has 1 aliphatic heterocycles. The Balaban J connectivity index is 1.44.